The molecule has 2 amide bonds. The third-order valence-corrected chi connectivity index (χ3v) is 4.60. The largest absolute Gasteiger partial charge is 0.322 e. The van der Waals surface area contributed by atoms with Crippen molar-refractivity contribution in [1.82, 2.24) is 0 Å². The number of hydrogen-bond donors (Lipinski definition) is 2. The summed E-state index contributed by atoms with van der Waals surface area (Å²) < 4.78 is 26.2. The zero-order valence-corrected chi connectivity index (χ0v) is 14.6. The van der Waals surface area contributed by atoms with Crippen LogP contribution < -0.4 is 10.6 Å². The normalized spacial score (nSPS) is 10.4. The van der Waals surface area contributed by atoms with Crippen LogP contribution in [0.25, 0.3) is 0 Å². The van der Waals surface area contributed by atoms with E-state index in [0.29, 0.717) is 4.88 Å². The van der Waals surface area contributed by atoms with Crippen molar-refractivity contribution in [2.75, 3.05) is 10.6 Å². The van der Waals surface area contributed by atoms with E-state index in [2.05, 4.69) is 10.6 Å². The second-order valence-electron chi connectivity index (χ2n) is 5.21. The summed E-state index contributed by atoms with van der Waals surface area (Å²) in [6.07, 6.45) is 0. The highest BCUT2D eigenvalue weighted by molar-refractivity contribution is 7.12. The van der Waals surface area contributed by atoms with Gasteiger partial charge in [0.2, 0.25) is 0 Å². The van der Waals surface area contributed by atoms with Gasteiger partial charge in [-0.15, -0.1) is 11.3 Å². The first-order valence-corrected chi connectivity index (χ1v) is 8.60. The molecule has 0 fully saturated rings. The number of carbonyl (C=O) groups excluding carboxylic acids is 2. The molecule has 0 aliphatic carbocycles. The van der Waals surface area contributed by atoms with Crippen LogP contribution in [-0.4, -0.2) is 11.8 Å². The molecule has 0 spiro atoms. The number of benzene rings is 2. The van der Waals surface area contributed by atoms with Crippen molar-refractivity contribution in [3.8, 4) is 0 Å². The maximum absolute atomic E-state index is 13.2. The van der Waals surface area contributed by atoms with Gasteiger partial charge in [-0.2, -0.15) is 0 Å². The van der Waals surface area contributed by atoms with E-state index in [1.165, 1.54) is 35.6 Å². The van der Waals surface area contributed by atoms with Crippen molar-refractivity contribution in [3.63, 3.8) is 0 Å². The van der Waals surface area contributed by atoms with Crippen LogP contribution in [0.5, 0.6) is 0 Å². The summed E-state index contributed by atoms with van der Waals surface area (Å²) in [5.74, 6) is -2.98. The Morgan fingerprint density at radius 3 is 2.42 bits per heavy atom. The molecule has 1 aromatic heterocycles. The molecule has 132 valence electrons. The lowest BCUT2D eigenvalue weighted by Crippen LogP contribution is -2.14. The van der Waals surface area contributed by atoms with E-state index < -0.39 is 17.5 Å². The Morgan fingerprint density at radius 2 is 1.73 bits per heavy atom. The zero-order chi connectivity index (χ0) is 18.7. The van der Waals surface area contributed by atoms with Crippen LogP contribution in [0.3, 0.4) is 0 Å². The average Bonchev–Trinajstić information content (AvgIpc) is 3.15. The summed E-state index contributed by atoms with van der Waals surface area (Å²) in [5, 5.41) is 7.12. The van der Waals surface area contributed by atoms with Crippen LogP contribution in [0.4, 0.5) is 20.2 Å². The Balaban J connectivity index is 1.78. The Kier molecular flexibility index (Phi) is 5.29. The lowest BCUT2D eigenvalue weighted by molar-refractivity contribution is 0.101. The van der Waals surface area contributed by atoms with Gasteiger partial charge in [0.15, 0.2) is 11.6 Å². The molecule has 26 heavy (non-hydrogen) atoms. The van der Waals surface area contributed by atoms with Crippen molar-refractivity contribution in [2.24, 2.45) is 0 Å². The molecule has 1 heterocycles. The number of rotatable bonds is 4. The molecule has 2 aromatic carbocycles. The van der Waals surface area contributed by atoms with Crippen LogP contribution in [0.2, 0.25) is 5.02 Å². The van der Waals surface area contributed by atoms with Crippen LogP contribution >= 0.6 is 22.9 Å². The van der Waals surface area contributed by atoms with Gasteiger partial charge in [0.1, 0.15) is 0 Å². The highest BCUT2D eigenvalue weighted by Gasteiger charge is 2.14. The monoisotopic (exact) mass is 392 g/mol. The van der Waals surface area contributed by atoms with Crippen molar-refractivity contribution >= 4 is 46.1 Å². The fourth-order valence-corrected chi connectivity index (χ4v) is 2.91. The van der Waals surface area contributed by atoms with E-state index in [1.807, 2.05) is 0 Å². The van der Waals surface area contributed by atoms with Gasteiger partial charge in [-0.05, 0) is 41.8 Å². The van der Waals surface area contributed by atoms with Gasteiger partial charge in [0.25, 0.3) is 11.8 Å². The van der Waals surface area contributed by atoms with Gasteiger partial charge in [-0.3, -0.25) is 9.59 Å². The quantitative estimate of drug-likeness (QED) is 0.642. The number of anilines is 2. The van der Waals surface area contributed by atoms with Crippen LogP contribution in [0.1, 0.15) is 20.0 Å². The Labute approximate surface area is 156 Å². The molecule has 3 aromatic rings. The summed E-state index contributed by atoms with van der Waals surface area (Å²) in [6.45, 7) is 0. The van der Waals surface area contributed by atoms with Crippen molar-refractivity contribution < 1.29 is 18.4 Å². The Bertz CT molecular complexity index is 977. The lowest BCUT2D eigenvalue weighted by atomic mass is 10.1. The van der Waals surface area contributed by atoms with E-state index in [0.717, 1.165) is 12.1 Å². The molecule has 8 heteroatoms. The topological polar surface area (TPSA) is 58.2 Å². The molecule has 3 rings (SSSR count). The van der Waals surface area contributed by atoms with Gasteiger partial charge >= 0.3 is 0 Å². The molecule has 0 aliphatic rings. The summed E-state index contributed by atoms with van der Waals surface area (Å²) in [7, 11) is 0. The van der Waals surface area contributed by atoms with Crippen molar-refractivity contribution in [1.29, 1.82) is 0 Å². The van der Waals surface area contributed by atoms with Crippen LogP contribution in [0.15, 0.2) is 53.9 Å². The Hall–Kier alpha value is -2.77. The van der Waals surface area contributed by atoms with E-state index >= 15 is 0 Å². The number of nitrogens with one attached hydrogen (secondary N) is 2. The minimum absolute atomic E-state index is 0.105. The second-order valence-corrected chi connectivity index (χ2v) is 6.56. The minimum atomic E-state index is -1.07. The molecule has 4 nitrogen and oxygen atoms in total. The van der Waals surface area contributed by atoms with Gasteiger partial charge < -0.3 is 10.6 Å². The van der Waals surface area contributed by atoms with E-state index in [9.17, 15) is 18.4 Å². The van der Waals surface area contributed by atoms with E-state index in [1.54, 1.807) is 17.5 Å². The number of carbonyl (C=O) groups is 2. The van der Waals surface area contributed by atoms with Crippen molar-refractivity contribution in [3.05, 3.63) is 81.0 Å². The summed E-state index contributed by atoms with van der Waals surface area (Å²) in [6, 6.07) is 10.8. The molecule has 0 aliphatic heterocycles. The first kappa shape index (κ1) is 18.0. The molecule has 0 saturated carbocycles. The predicted octanol–water partition coefficient (Wildman–Crippen LogP) is 5.18. The smallest absolute Gasteiger partial charge is 0.265 e. The number of thiophene rings is 1. The fraction of sp³-hybridized carbons (Fsp3) is 0. The molecule has 0 atom stereocenters. The van der Waals surface area contributed by atoms with Gasteiger partial charge in [-0.1, -0.05) is 17.7 Å². The Morgan fingerprint density at radius 1 is 0.923 bits per heavy atom. The SMILES string of the molecule is O=C(Nc1ccc(F)c(F)c1)c1ccc(Cl)c(NC(=O)c2cccs2)c1. The van der Waals surface area contributed by atoms with Crippen LogP contribution in [0, 0.1) is 11.6 Å². The van der Waals surface area contributed by atoms with Gasteiger partial charge in [-0.25, -0.2) is 8.78 Å². The minimum Gasteiger partial charge on any atom is -0.322 e. The third-order valence-electron chi connectivity index (χ3n) is 3.40. The van der Waals surface area contributed by atoms with Crippen LogP contribution in [-0.2, 0) is 0 Å². The molecule has 0 radical (unpaired) electrons. The van der Waals surface area contributed by atoms with E-state index in [4.69, 9.17) is 11.6 Å². The van der Waals surface area contributed by atoms with Gasteiger partial charge in [0, 0.05) is 17.3 Å². The summed E-state index contributed by atoms with van der Waals surface area (Å²) >= 11 is 7.34. The number of halogens is 3. The summed E-state index contributed by atoms with van der Waals surface area (Å²) in [5.41, 5.74) is 0.566. The fourth-order valence-electron chi connectivity index (χ4n) is 2.13. The van der Waals surface area contributed by atoms with Gasteiger partial charge in [0.05, 0.1) is 15.6 Å². The molecule has 0 saturated heterocycles. The lowest BCUT2D eigenvalue weighted by Gasteiger charge is -2.10. The number of hydrogen-bond acceptors (Lipinski definition) is 3. The standard InChI is InChI=1S/C18H11ClF2N2O2S/c19-12-5-3-10(8-15(12)23-18(25)16-2-1-7-26-16)17(24)22-11-4-6-13(20)14(21)9-11/h1-9H,(H,22,24)(H,23,25). The molecule has 2 N–H and O–H groups in total. The first-order valence-electron chi connectivity index (χ1n) is 7.35. The molecular weight excluding hydrogens is 382 g/mol. The second kappa shape index (κ2) is 7.63. The predicted molar refractivity (Wildman–Crippen MR) is 98.0 cm³/mol. The highest BCUT2D eigenvalue weighted by atomic mass is 35.5. The average molecular weight is 393 g/mol. The summed E-state index contributed by atoms with van der Waals surface area (Å²) in [4.78, 5) is 24.9. The van der Waals surface area contributed by atoms with E-state index in [-0.39, 0.29) is 27.9 Å². The zero-order valence-electron chi connectivity index (χ0n) is 13.1. The maximum Gasteiger partial charge on any atom is 0.265 e. The third kappa shape index (κ3) is 4.07. The molecule has 0 unspecified atom stereocenters. The first-order chi connectivity index (χ1) is 12.4. The molecular formula is C18H11ClF2N2O2S. The molecule has 0 bridgehead atoms. The maximum atomic E-state index is 13.2. The van der Waals surface area contributed by atoms with Crippen molar-refractivity contribution in [2.45, 2.75) is 0 Å². The highest BCUT2D eigenvalue weighted by Crippen LogP contribution is 2.25. The number of amides is 2.